The molecule has 2 atom stereocenters. The Labute approximate surface area is 136 Å². The van der Waals surface area contributed by atoms with Crippen LogP contribution in [0.25, 0.3) is 0 Å². The summed E-state index contributed by atoms with van der Waals surface area (Å²) in [6.45, 7) is 0.599. The van der Waals surface area contributed by atoms with Crippen molar-refractivity contribution in [3.8, 4) is 0 Å². The third-order valence-electron chi connectivity index (χ3n) is 4.50. The highest BCUT2D eigenvalue weighted by Gasteiger charge is 2.24. The fourth-order valence-corrected chi connectivity index (χ4v) is 3.33. The molecule has 0 radical (unpaired) electrons. The van der Waals surface area contributed by atoms with Crippen LogP contribution in [0.3, 0.4) is 0 Å². The zero-order valence-corrected chi connectivity index (χ0v) is 13.2. The number of carboxylic acid groups (broad SMARTS) is 1. The van der Waals surface area contributed by atoms with Crippen molar-refractivity contribution in [1.29, 1.82) is 0 Å². The summed E-state index contributed by atoms with van der Waals surface area (Å²) in [7, 11) is 0. The highest BCUT2D eigenvalue weighted by molar-refractivity contribution is 5.67. The second-order valence-corrected chi connectivity index (χ2v) is 6.18. The summed E-state index contributed by atoms with van der Waals surface area (Å²) < 4.78 is 6.02. The van der Waals surface area contributed by atoms with E-state index in [0.29, 0.717) is 18.9 Å². The first-order chi connectivity index (χ1) is 11.2. The van der Waals surface area contributed by atoms with Gasteiger partial charge in [0.15, 0.2) is 0 Å². The second kappa shape index (κ2) is 7.42. The van der Waals surface area contributed by atoms with Crippen molar-refractivity contribution in [1.82, 2.24) is 0 Å². The van der Waals surface area contributed by atoms with E-state index in [1.54, 1.807) is 0 Å². The molecule has 2 aromatic carbocycles. The van der Waals surface area contributed by atoms with Gasteiger partial charge < -0.3 is 9.84 Å². The topological polar surface area (TPSA) is 46.5 Å². The molecule has 0 spiro atoms. The van der Waals surface area contributed by atoms with Gasteiger partial charge in [0, 0.05) is 5.92 Å². The van der Waals surface area contributed by atoms with E-state index in [-0.39, 0.29) is 12.5 Å². The van der Waals surface area contributed by atoms with Crippen LogP contribution in [0.1, 0.15) is 35.4 Å². The fraction of sp³-hybridized carbons (Fsp3) is 0.350. The van der Waals surface area contributed by atoms with E-state index in [1.807, 2.05) is 30.3 Å². The van der Waals surface area contributed by atoms with E-state index < -0.39 is 5.97 Å². The molecule has 0 aliphatic heterocycles. The number of ether oxygens (including phenoxy) is 1. The first-order valence-electron chi connectivity index (χ1n) is 8.17. The third kappa shape index (κ3) is 4.20. The van der Waals surface area contributed by atoms with Gasteiger partial charge in [-0.2, -0.15) is 0 Å². The summed E-state index contributed by atoms with van der Waals surface area (Å²) in [6.07, 6.45) is 2.59. The Kier molecular flexibility index (Phi) is 5.09. The summed E-state index contributed by atoms with van der Waals surface area (Å²) in [5, 5.41) is 9.13. The maximum Gasteiger partial charge on any atom is 0.305 e. The van der Waals surface area contributed by atoms with Crippen molar-refractivity contribution in [3.05, 3.63) is 71.3 Å². The van der Waals surface area contributed by atoms with Gasteiger partial charge in [-0.1, -0.05) is 54.6 Å². The molecule has 2 unspecified atom stereocenters. The van der Waals surface area contributed by atoms with Crippen LogP contribution in [-0.2, 0) is 22.4 Å². The van der Waals surface area contributed by atoms with Gasteiger partial charge in [-0.25, -0.2) is 0 Å². The quantitative estimate of drug-likeness (QED) is 0.845. The van der Waals surface area contributed by atoms with Crippen molar-refractivity contribution in [2.24, 2.45) is 0 Å². The van der Waals surface area contributed by atoms with Gasteiger partial charge in [0.25, 0.3) is 0 Å². The predicted molar refractivity (Wildman–Crippen MR) is 89.6 cm³/mol. The minimum absolute atomic E-state index is 0.0449. The van der Waals surface area contributed by atoms with Crippen LogP contribution in [0.5, 0.6) is 0 Å². The van der Waals surface area contributed by atoms with E-state index in [1.165, 1.54) is 11.1 Å². The molecule has 3 nitrogen and oxygen atoms in total. The number of aliphatic carboxylic acids is 1. The van der Waals surface area contributed by atoms with Gasteiger partial charge in [-0.3, -0.25) is 4.79 Å². The van der Waals surface area contributed by atoms with Crippen molar-refractivity contribution in [3.63, 3.8) is 0 Å². The summed E-state index contributed by atoms with van der Waals surface area (Å²) >= 11 is 0. The van der Waals surface area contributed by atoms with E-state index in [4.69, 9.17) is 9.84 Å². The molecule has 0 saturated heterocycles. The first-order valence-corrected chi connectivity index (χ1v) is 8.17. The average molecular weight is 310 g/mol. The fourth-order valence-electron chi connectivity index (χ4n) is 3.33. The van der Waals surface area contributed by atoms with Crippen molar-refractivity contribution in [2.45, 2.75) is 37.7 Å². The van der Waals surface area contributed by atoms with Crippen LogP contribution in [0, 0.1) is 0 Å². The smallest absolute Gasteiger partial charge is 0.305 e. The Balaban J connectivity index is 1.62. The van der Waals surface area contributed by atoms with Crippen LogP contribution < -0.4 is 0 Å². The van der Waals surface area contributed by atoms with Gasteiger partial charge in [-0.15, -0.1) is 0 Å². The molecular formula is C20H22O3. The van der Waals surface area contributed by atoms with Gasteiger partial charge in [-0.05, 0) is 36.0 Å². The number of fused-ring (bicyclic) bond motifs is 1. The molecule has 1 N–H and O–H groups in total. The van der Waals surface area contributed by atoms with Crippen LogP contribution in [0.15, 0.2) is 54.6 Å². The Morgan fingerprint density at radius 1 is 1.13 bits per heavy atom. The van der Waals surface area contributed by atoms with Crippen molar-refractivity contribution < 1.29 is 14.6 Å². The highest BCUT2D eigenvalue weighted by Crippen LogP contribution is 2.33. The number of hydrogen-bond donors (Lipinski definition) is 1. The normalized spacial score (nSPS) is 17.7. The summed E-state index contributed by atoms with van der Waals surface area (Å²) in [6, 6.07) is 18.4. The number of aryl methyl sites for hydroxylation is 1. The molecule has 23 heavy (non-hydrogen) atoms. The molecule has 2 aromatic rings. The molecule has 1 aliphatic carbocycles. The molecule has 3 heteroatoms. The molecule has 0 bridgehead atoms. The number of benzene rings is 2. The van der Waals surface area contributed by atoms with Crippen LogP contribution >= 0.6 is 0 Å². The Morgan fingerprint density at radius 2 is 1.87 bits per heavy atom. The Morgan fingerprint density at radius 3 is 2.65 bits per heavy atom. The van der Waals surface area contributed by atoms with Crippen LogP contribution in [-0.4, -0.2) is 23.8 Å². The predicted octanol–water partition coefficient (Wildman–Crippen LogP) is 3.82. The number of carboxylic acids is 1. The van der Waals surface area contributed by atoms with Crippen LogP contribution in [0.2, 0.25) is 0 Å². The Bertz CT molecular complexity index is 651. The molecule has 1 aliphatic rings. The average Bonchev–Trinajstić information content (AvgIpc) is 2.96. The second-order valence-electron chi connectivity index (χ2n) is 6.18. The lowest BCUT2D eigenvalue weighted by molar-refractivity contribution is -0.140. The summed E-state index contributed by atoms with van der Waals surface area (Å²) in [5.41, 5.74) is 3.88. The molecule has 120 valence electrons. The first kappa shape index (κ1) is 15.8. The standard InChI is InChI=1S/C20H22O3/c21-20(22)13-18(12-15-6-2-1-3-7-15)23-14-17-11-10-16-8-4-5-9-19(16)17/h1-9,17-18H,10-14H2,(H,21,22). The number of carbonyl (C=O) groups is 1. The van der Waals surface area contributed by atoms with Gasteiger partial charge in [0.05, 0.1) is 19.1 Å². The van der Waals surface area contributed by atoms with Crippen molar-refractivity contribution in [2.75, 3.05) is 6.61 Å². The van der Waals surface area contributed by atoms with Crippen molar-refractivity contribution >= 4 is 5.97 Å². The molecular weight excluding hydrogens is 288 g/mol. The lowest BCUT2D eigenvalue weighted by Crippen LogP contribution is -2.22. The van der Waals surface area contributed by atoms with E-state index in [0.717, 1.165) is 18.4 Å². The maximum absolute atomic E-state index is 11.1. The Hall–Kier alpha value is -2.13. The molecule has 0 aromatic heterocycles. The minimum Gasteiger partial charge on any atom is -0.481 e. The van der Waals surface area contributed by atoms with Gasteiger partial charge in [0.1, 0.15) is 0 Å². The minimum atomic E-state index is -0.808. The molecule has 0 saturated carbocycles. The molecule has 0 amide bonds. The van der Waals surface area contributed by atoms with Crippen LogP contribution in [0.4, 0.5) is 0 Å². The van der Waals surface area contributed by atoms with E-state index >= 15 is 0 Å². The largest absolute Gasteiger partial charge is 0.481 e. The SMILES string of the molecule is O=C(O)CC(Cc1ccccc1)OCC1CCc2ccccc21. The molecule has 0 fully saturated rings. The lowest BCUT2D eigenvalue weighted by Gasteiger charge is -2.19. The summed E-state index contributed by atoms with van der Waals surface area (Å²) in [4.78, 5) is 11.1. The number of hydrogen-bond acceptors (Lipinski definition) is 2. The molecule has 0 heterocycles. The number of rotatable bonds is 7. The zero-order valence-electron chi connectivity index (χ0n) is 13.2. The zero-order chi connectivity index (χ0) is 16.1. The summed E-state index contributed by atoms with van der Waals surface area (Å²) in [5.74, 6) is -0.420. The van der Waals surface area contributed by atoms with Gasteiger partial charge in [0.2, 0.25) is 0 Å². The van der Waals surface area contributed by atoms with E-state index in [9.17, 15) is 4.79 Å². The van der Waals surface area contributed by atoms with E-state index in [2.05, 4.69) is 24.3 Å². The third-order valence-corrected chi connectivity index (χ3v) is 4.50. The maximum atomic E-state index is 11.1. The monoisotopic (exact) mass is 310 g/mol. The lowest BCUT2D eigenvalue weighted by atomic mass is 10.0. The van der Waals surface area contributed by atoms with Gasteiger partial charge >= 0.3 is 5.97 Å². The molecule has 3 rings (SSSR count). The highest BCUT2D eigenvalue weighted by atomic mass is 16.5.